The molecule has 4 nitrogen and oxygen atoms in total. The second-order valence-corrected chi connectivity index (χ2v) is 5.99. The highest BCUT2D eigenvalue weighted by Crippen LogP contribution is 2.26. The Bertz CT molecular complexity index is 872. The van der Waals surface area contributed by atoms with E-state index in [0.29, 0.717) is 10.6 Å². The highest BCUT2D eigenvalue weighted by atomic mass is 35.5. The van der Waals surface area contributed by atoms with Crippen LogP contribution in [0.15, 0.2) is 42.5 Å². The van der Waals surface area contributed by atoms with Gasteiger partial charge in [-0.2, -0.15) is 0 Å². The largest absolute Gasteiger partial charge is 0.357 e. The van der Waals surface area contributed by atoms with Crippen molar-refractivity contribution in [1.82, 2.24) is 10.6 Å². The molecule has 2 N–H and O–H groups in total. The van der Waals surface area contributed by atoms with Crippen molar-refractivity contribution in [1.29, 1.82) is 0 Å². The van der Waals surface area contributed by atoms with Crippen LogP contribution in [-0.4, -0.2) is 18.9 Å². The quantitative estimate of drug-likeness (QED) is 0.750. The van der Waals surface area contributed by atoms with Crippen molar-refractivity contribution in [3.05, 3.63) is 75.3 Å². The Morgan fingerprint density at radius 2 is 1.85 bits per heavy atom. The van der Waals surface area contributed by atoms with Crippen LogP contribution in [0.25, 0.3) is 6.08 Å². The molecule has 0 spiro atoms. The first-order valence-electron chi connectivity index (χ1n) is 7.42. The number of halogens is 4. The summed E-state index contributed by atoms with van der Waals surface area (Å²) >= 11 is 11.9. The number of nitrogens with one attached hydrogen (secondary N) is 2. The maximum absolute atomic E-state index is 13.4. The minimum Gasteiger partial charge on any atom is -0.357 e. The van der Waals surface area contributed by atoms with Crippen molar-refractivity contribution in [2.75, 3.05) is 7.05 Å². The van der Waals surface area contributed by atoms with E-state index in [-0.39, 0.29) is 10.6 Å². The second kappa shape index (κ2) is 8.78. The first-order valence-corrected chi connectivity index (χ1v) is 8.18. The number of carbonyl (C=O) groups excluding carboxylic acids is 2. The lowest BCUT2D eigenvalue weighted by atomic mass is 10.1. The van der Waals surface area contributed by atoms with Gasteiger partial charge in [0.1, 0.15) is 6.04 Å². The van der Waals surface area contributed by atoms with Crippen molar-refractivity contribution in [3.63, 3.8) is 0 Å². The van der Waals surface area contributed by atoms with Gasteiger partial charge in [0, 0.05) is 13.1 Å². The summed E-state index contributed by atoms with van der Waals surface area (Å²) in [6.45, 7) is 0. The van der Waals surface area contributed by atoms with Crippen molar-refractivity contribution >= 4 is 41.1 Å². The Hall–Kier alpha value is -2.44. The van der Waals surface area contributed by atoms with Crippen LogP contribution in [0.2, 0.25) is 10.0 Å². The van der Waals surface area contributed by atoms with Gasteiger partial charge in [-0.15, -0.1) is 0 Å². The van der Waals surface area contributed by atoms with E-state index in [0.717, 1.165) is 18.2 Å². The second-order valence-electron chi connectivity index (χ2n) is 5.21. The summed E-state index contributed by atoms with van der Waals surface area (Å²) in [5.41, 5.74) is 0.615. The molecule has 26 heavy (non-hydrogen) atoms. The fourth-order valence-electron chi connectivity index (χ4n) is 2.14. The summed E-state index contributed by atoms with van der Waals surface area (Å²) in [6, 6.07) is 6.69. The van der Waals surface area contributed by atoms with E-state index in [1.807, 2.05) is 0 Å². The van der Waals surface area contributed by atoms with E-state index in [4.69, 9.17) is 23.2 Å². The summed E-state index contributed by atoms with van der Waals surface area (Å²) in [5.74, 6) is -3.38. The lowest BCUT2D eigenvalue weighted by Crippen LogP contribution is -2.38. The zero-order valence-corrected chi connectivity index (χ0v) is 15.0. The van der Waals surface area contributed by atoms with Crippen LogP contribution in [0, 0.1) is 11.6 Å². The fourth-order valence-corrected chi connectivity index (χ4v) is 2.51. The molecular weight excluding hydrogens is 385 g/mol. The van der Waals surface area contributed by atoms with Crippen molar-refractivity contribution in [2.24, 2.45) is 0 Å². The van der Waals surface area contributed by atoms with Crippen LogP contribution in [0.5, 0.6) is 0 Å². The Balaban J connectivity index is 2.21. The van der Waals surface area contributed by atoms with Crippen molar-refractivity contribution in [2.45, 2.75) is 6.04 Å². The zero-order valence-electron chi connectivity index (χ0n) is 13.5. The van der Waals surface area contributed by atoms with Gasteiger partial charge in [0.2, 0.25) is 11.8 Å². The standard InChI is InChI=1S/C18H14Cl2F2N2O2/c1-23-18(26)17(11-5-7-13(21)14(22)9-11)24-15(25)8-6-10-3-2-4-12(19)16(10)20/h2-9,17H,1H3,(H,23,26)(H,24,25)/b8-6+. The summed E-state index contributed by atoms with van der Waals surface area (Å²) in [7, 11) is 1.36. The first kappa shape index (κ1) is 19.9. The Morgan fingerprint density at radius 1 is 1.12 bits per heavy atom. The van der Waals surface area contributed by atoms with Gasteiger partial charge in [-0.25, -0.2) is 8.78 Å². The van der Waals surface area contributed by atoms with E-state index in [1.165, 1.54) is 19.2 Å². The van der Waals surface area contributed by atoms with Crippen LogP contribution < -0.4 is 10.6 Å². The van der Waals surface area contributed by atoms with Crippen LogP contribution in [-0.2, 0) is 9.59 Å². The van der Waals surface area contributed by atoms with Gasteiger partial charge in [0.05, 0.1) is 10.0 Å². The maximum atomic E-state index is 13.4. The van der Waals surface area contributed by atoms with Gasteiger partial charge in [0.25, 0.3) is 0 Å². The summed E-state index contributed by atoms with van der Waals surface area (Å²) in [4.78, 5) is 24.2. The minimum absolute atomic E-state index is 0.103. The van der Waals surface area contributed by atoms with Crippen LogP contribution in [0.4, 0.5) is 8.78 Å². The smallest absolute Gasteiger partial charge is 0.246 e. The van der Waals surface area contributed by atoms with Gasteiger partial charge >= 0.3 is 0 Å². The SMILES string of the molecule is CNC(=O)C(NC(=O)/C=C/c1cccc(Cl)c1Cl)c1ccc(F)c(F)c1. The van der Waals surface area contributed by atoms with Crippen molar-refractivity contribution < 1.29 is 18.4 Å². The molecule has 136 valence electrons. The lowest BCUT2D eigenvalue weighted by Gasteiger charge is -2.17. The number of benzene rings is 2. The van der Waals surface area contributed by atoms with Crippen LogP contribution in [0.1, 0.15) is 17.2 Å². The predicted octanol–water partition coefficient (Wildman–Crippen LogP) is 3.89. The van der Waals surface area contributed by atoms with E-state index in [2.05, 4.69) is 10.6 Å². The Kier molecular flexibility index (Phi) is 6.71. The first-order chi connectivity index (χ1) is 12.3. The number of hydrogen-bond donors (Lipinski definition) is 2. The molecule has 0 aliphatic rings. The number of likely N-dealkylation sites (N-methyl/N-ethyl adjacent to an activating group) is 1. The molecule has 2 amide bonds. The third kappa shape index (κ3) is 4.80. The average molecular weight is 399 g/mol. The average Bonchev–Trinajstić information content (AvgIpc) is 2.62. The number of carbonyl (C=O) groups is 2. The Labute approximate surface area is 158 Å². The molecule has 0 saturated heterocycles. The molecule has 0 heterocycles. The molecule has 0 bridgehead atoms. The summed E-state index contributed by atoms with van der Waals surface area (Å²) in [5, 5.41) is 5.40. The molecule has 0 aliphatic heterocycles. The van der Waals surface area contributed by atoms with E-state index in [9.17, 15) is 18.4 Å². The fraction of sp³-hybridized carbons (Fsp3) is 0.111. The monoisotopic (exact) mass is 398 g/mol. The summed E-state index contributed by atoms with van der Waals surface area (Å²) in [6.07, 6.45) is 2.59. The van der Waals surface area contributed by atoms with Gasteiger partial charge in [-0.3, -0.25) is 9.59 Å². The predicted molar refractivity (Wildman–Crippen MR) is 96.8 cm³/mol. The molecule has 1 atom stereocenters. The highest BCUT2D eigenvalue weighted by molar-refractivity contribution is 6.42. The van der Waals surface area contributed by atoms with E-state index < -0.39 is 29.5 Å². The molecule has 2 aromatic rings. The van der Waals surface area contributed by atoms with Crippen LogP contribution in [0.3, 0.4) is 0 Å². The van der Waals surface area contributed by atoms with E-state index in [1.54, 1.807) is 18.2 Å². The van der Waals surface area contributed by atoms with Gasteiger partial charge in [0.15, 0.2) is 11.6 Å². The van der Waals surface area contributed by atoms with E-state index >= 15 is 0 Å². The van der Waals surface area contributed by atoms with Gasteiger partial charge < -0.3 is 10.6 Å². The van der Waals surface area contributed by atoms with Gasteiger partial charge in [-0.1, -0.05) is 41.4 Å². The molecule has 8 heteroatoms. The molecule has 2 aromatic carbocycles. The number of rotatable bonds is 5. The lowest BCUT2D eigenvalue weighted by molar-refractivity contribution is -0.126. The van der Waals surface area contributed by atoms with Crippen molar-refractivity contribution in [3.8, 4) is 0 Å². The van der Waals surface area contributed by atoms with Gasteiger partial charge in [-0.05, 0) is 35.4 Å². The normalized spacial score (nSPS) is 12.0. The highest BCUT2D eigenvalue weighted by Gasteiger charge is 2.22. The molecular formula is C18H14Cl2F2N2O2. The molecule has 0 aliphatic carbocycles. The maximum Gasteiger partial charge on any atom is 0.246 e. The summed E-state index contributed by atoms with van der Waals surface area (Å²) < 4.78 is 26.5. The minimum atomic E-state index is -1.19. The third-order valence-corrected chi connectivity index (χ3v) is 4.30. The molecule has 2 rings (SSSR count). The van der Waals surface area contributed by atoms with Crippen LogP contribution >= 0.6 is 23.2 Å². The molecule has 0 aromatic heterocycles. The topological polar surface area (TPSA) is 58.2 Å². The molecule has 0 fully saturated rings. The number of amides is 2. The zero-order chi connectivity index (χ0) is 19.3. The molecule has 1 unspecified atom stereocenters. The Morgan fingerprint density at radius 3 is 2.50 bits per heavy atom. The third-order valence-electron chi connectivity index (χ3n) is 3.47. The molecule has 0 radical (unpaired) electrons. The number of hydrogen-bond acceptors (Lipinski definition) is 2. The molecule has 0 saturated carbocycles.